The van der Waals surface area contributed by atoms with Crippen LogP contribution in [0.15, 0.2) is 52.2 Å². The minimum Gasteiger partial charge on any atom is -0.360 e. The average Bonchev–Trinajstić information content (AvgIpc) is 2.68. The third-order valence-electron chi connectivity index (χ3n) is 5.84. The van der Waals surface area contributed by atoms with Gasteiger partial charge in [-0.3, -0.25) is 14.4 Å². The summed E-state index contributed by atoms with van der Waals surface area (Å²) in [6.45, 7) is 1.67. The number of fused-ring (bicyclic) bond motifs is 5. The summed E-state index contributed by atoms with van der Waals surface area (Å²) in [5.41, 5.74) is 1.45. The van der Waals surface area contributed by atoms with E-state index in [1.54, 1.807) is 35.2 Å². The molecule has 0 spiro atoms. The number of aromatic nitrogens is 2. The Morgan fingerprint density at radius 2 is 1.96 bits per heavy atom. The monoisotopic (exact) mass is 395 g/mol. The Bertz CT molecular complexity index is 1230. The van der Waals surface area contributed by atoms with Gasteiger partial charge >= 0.3 is 0 Å². The Morgan fingerprint density at radius 3 is 2.82 bits per heavy atom. The summed E-state index contributed by atoms with van der Waals surface area (Å²) in [5, 5.41) is 0.976. The van der Waals surface area contributed by atoms with Crippen LogP contribution in [0.5, 0.6) is 0 Å². The molecule has 1 saturated heterocycles. The van der Waals surface area contributed by atoms with Crippen LogP contribution in [0, 0.1) is 5.92 Å². The topological polar surface area (TPSA) is 75.2 Å². The summed E-state index contributed by atoms with van der Waals surface area (Å²) in [6.07, 6.45) is 2.44. The maximum atomic E-state index is 13.2. The summed E-state index contributed by atoms with van der Waals surface area (Å²) >= 11 is 5.98. The number of nitrogens with zero attached hydrogens (tertiary/aromatic N) is 2. The van der Waals surface area contributed by atoms with Gasteiger partial charge in [0.05, 0.1) is 5.52 Å². The minimum absolute atomic E-state index is 0.0108. The number of aromatic amines is 1. The molecule has 2 bridgehead atoms. The number of benzene rings is 1. The third kappa shape index (κ3) is 2.67. The van der Waals surface area contributed by atoms with Gasteiger partial charge in [0.25, 0.3) is 11.5 Å². The second kappa shape index (κ2) is 6.34. The quantitative estimate of drug-likeness (QED) is 0.688. The van der Waals surface area contributed by atoms with Crippen molar-refractivity contribution in [3.63, 3.8) is 0 Å². The van der Waals surface area contributed by atoms with Crippen molar-refractivity contribution in [2.24, 2.45) is 5.92 Å². The van der Waals surface area contributed by atoms with Crippen molar-refractivity contribution in [2.75, 3.05) is 13.1 Å². The maximum Gasteiger partial charge on any atom is 0.259 e. The number of halogens is 1. The first-order valence-electron chi connectivity index (χ1n) is 9.31. The van der Waals surface area contributed by atoms with Crippen LogP contribution in [-0.2, 0) is 6.54 Å². The smallest absolute Gasteiger partial charge is 0.259 e. The molecule has 2 aliphatic heterocycles. The van der Waals surface area contributed by atoms with Crippen LogP contribution >= 0.6 is 11.6 Å². The molecule has 4 heterocycles. The number of hydrogen-bond acceptors (Lipinski definition) is 3. The van der Waals surface area contributed by atoms with Gasteiger partial charge < -0.3 is 14.5 Å². The Morgan fingerprint density at radius 1 is 1.11 bits per heavy atom. The van der Waals surface area contributed by atoms with Crippen LogP contribution in [0.1, 0.15) is 28.4 Å². The molecule has 5 rings (SSSR count). The molecule has 1 amide bonds. The lowest BCUT2D eigenvalue weighted by atomic mass is 9.83. The molecule has 0 saturated carbocycles. The number of likely N-dealkylation sites (tertiary alicyclic amines) is 1. The summed E-state index contributed by atoms with van der Waals surface area (Å²) in [6, 6.07) is 10.3. The SMILES string of the molecule is O=C(c1c[nH]c2cc(Cl)ccc2c1=O)N1C[C@H]2C[C@@H](C1)c1cccc(=O)n1C2. The Kier molecular flexibility index (Phi) is 3.91. The molecule has 142 valence electrons. The first kappa shape index (κ1) is 17.3. The fraction of sp³-hybridized carbons (Fsp3) is 0.286. The van der Waals surface area contributed by atoms with E-state index in [9.17, 15) is 14.4 Å². The molecule has 3 aromatic rings. The molecule has 2 atom stereocenters. The Balaban J connectivity index is 1.50. The van der Waals surface area contributed by atoms with E-state index >= 15 is 0 Å². The van der Waals surface area contributed by atoms with Crippen molar-refractivity contribution in [1.29, 1.82) is 0 Å². The normalized spacial score (nSPS) is 20.8. The number of H-pyrrole nitrogens is 1. The van der Waals surface area contributed by atoms with E-state index in [2.05, 4.69) is 4.98 Å². The number of piperidine rings is 1. The lowest BCUT2D eigenvalue weighted by Gasteiger charge is -2.42. The number of amides is 1. The van der Waals surface area contributed by atoms with Crippen molar-refractivity contribution in [3.8, 4) is 0 Å². The highest BCUT2D eigenvalue weighted by Gasteiger charge is 2.37. The zero-order valence-corrected chi connectivity index (χ0v) is 15.8. The van der Waals surface area contributed by atoms with Crippen LogP contribution in [0.4, 0.5) is 0 Å². The summed E-state index contributed by atoms with van der Waals surface area (Å²) in [7, 11) is 0. The molecule has 2 aromatic heterocycles. The van der Waals surface area contributed by atoms with Gasteiger partial charge in [0.2, 0.25) is 5.43 Å². The first-order chi connectivity index (χ1) is 13.5. The molecule has 6 nitrogen and oxygen atoms in total. The fourth-order valence-corrected chi connectivity index (χ4v) is 4.76. The van der Waals surface area contributed by atoms with Crippen LogP contribution < -0.4 is 11.0 Å². The molecule has 7 heteroatoms. The Hall–Kier alpha value is -2.86. The van der Waals surface area contributed by atoms with Crippen molar-refractivity contribution >= 4 is 28.4 Å². The van der Waals surface area contributed by atoms with Gasteiger partial charge in [0.15, 0.2) is 0 Å². The molecule has 1 fully saturated rings. The van der Waals surface area contributed by atoms with Crippen LogP contribution in [0.3, 0.4) is 0 Å². The molecule has 0 radical (unpaired) electrons. The summed E-state index contributed by atoms with van der Waals surface area (Å²) in [4.78, 5) is 42.9. The fourth-order valence-electron chi connectivity index (χ4n) is 4.59. The van der Waals surface area contributed by atoms with Crippen molar-refractivity contribution in [1.82, 2.24) is 14.5 Å². The zero-order chi connectivity index (χ0) is 19.4. The number of rotatable bonds is 1. The van der Waals surface area contributed by atoms with E-state index in [0.29, 0.717) is 35.6 Å². The number of carbonyl (C=O) groups is 1. The van der Waals surface area contributed by atoms with Crippen LogP contribution in [0.25, 0.3) is 10.9 Å². The van der Waals surface area contributed by atoms with Crippen LogP contribution in [0.2, 0.25) is 5.02 Å². The standard InChI is InChI=1S/C21H18ClN3O3/c22-14-4-5-15-17(7-14)23-8-16(20(15)27)21(28)24-9-12-6-13(11-24)18-2-1-3-19(26)25(18)10-12/h1-5,7-8,12-13H,6,9-11H2,(H,23,27)/t12-,13+/m1/s1. The highest BCUT2D eigenvalue weighted by molar-refractivity contribution is 6.31. The van der Waals surface area contributed by atoms with Gasteiger partial charge in [-0.25, -0.2) is 0 Å². The molecular weight excluding hydrogens is 378 g/mol. The number of nitrogens with one attached hydrogen (secondary N) is 1. The van der Waals surface area contributed by atoms with E-state index in [1.165, 1.54) is 6.20 Å². The molecule has 0 aliphatic carbocycles. The van der Waals surface area contributed by atoms with E-state index in [0.717, 1.165) is 12.1 Å². The highest BCUT2D eigenvalue weighted by atomic mass is 35.5. The van der Waals surface area contributed by atoms with E-state index in [4.69, 9.17) is 11.6 Å². The zero-order valence-electron chi connectivity index (χ0n) is 15.0. The minimum atomic E-state index is -0.289. The predicted octanol–water partition coefficient (Wildman–Crippen LogP) is 2.60. The first-order valence-corrected chi connectivity index (χ1v) is 9.69. The Labute approximate surface area is 165 Å². The highest BCUT2D eigenvalue weighted by Crippen LogP contribution is 2.35. The van der Waals surface area contributed by atoms with E-state index in [-0.39, 0.29) is 34.3 Å². The van der Waals surface area contributed by atoms with Crippen LogP contribution in [-0.4, -0.2) is 33.4 Å². The lowest BCUT2D eigenvalue weighted by Crippen LogP contribution is -2.49. The molecule has 28 heavy (non-hydrogen) atoms. The van der Waals surface area contributed by atoms with Gasteiger partial charge in [0.1, 0.15) is 5.56 Å². The average molecular weight is 396 g/mol. The number of pyridine rings is 2. The van der Waals surface area contributed by atoms with Gasteiger partial charge in [-0.1, -0.05) is 17.7 Å². The lowest BCUT2D eigenvalue weighted by molar-refractivity contribution is 0.0593. The number of carbonyl (C=O) groups excluding carboxylic acids is 1. The predicted molar refractivity (Wildman–Crippen MR) is 107 cm³/mol. The molecular formula is C21H18ClN3O3. The van der Waals surface area contributed by atoms with Gasteiger partial charge in [-0.15, -0.1) is 0 Å². The summed E-state index contributed by atoms with van der Waals surface area (Å²) in [5.74, 6) is 0.0665. The summed E-state index contributed by atoms with van der Waals surface area (Å²) < 4.78 is 1.83. The molecule has 0 unspecified atom stereocenters. The van der Waals surface area contributed by atoms with Gasteiger partial charge in [0, 0.05) is 53.9 Å². The van der Waals surface area contributed by atoms with Crippen molar-refractivity contribution in [3.05, 3.63) is 79.5 Å². The van der Waals surface area contributed by atoms with Gasteiger partial charge in [-0.2, -0.15) is 0 Å². The molecule has 2 aliphatic rings. The van der Waals surface area contributed by atoms with Gasteiger partial charge in [-0.05, 0) is 36.6 Å². The van der Waals surface area contributed by atoms with Crippen molar-refractivity contribution in [2.45, 2.75) is 18.9 Å². The van der Waals surface area contributed by atoms with Crippen molar-refractivity contribution < 1.29 is 4.79 Å². The maximum absolute atomic E-state index is 13.2. The second-order valence-electron chi connectivity index (χ2n) is 7.63. The number of hydrogen-bond donors (Lipinski definition) is 1. The van der Waals surface area contributed by atoms with E-state index < -0.39 is 0 Å². The molecule has 1 aromatic carbocycles. The van der Waals surface area contributed by atoms with E-state index in [1.807, 2.05) is 10.6 Å². The molecule has 1 N–H and O–H groups in total. The largest absolute Gasteiger partial charge is 0.360 e. The second-order valence-corrected chi connectivity index (χ2v) is 8.07. The third-order valence-corrected chi connectivity index (χ3v) is 6.08.